The summed E-state index contributed by atoms with van der Waals surface area (Å²) in [5.74, 6) is 1.93. The minimum absolute atomic E-state index is 0. The lowest BCUT2D eigenvalue weighted by Crippen LogP contribution is -2.52. The number of phenolic OH excluding ortho intramolecular Hbond substituents is 1. The van der Waals surface area contributed by atoms with Crippen LogP contribution in [-0.2, 0) is 6.54 Å². The summed E-state index contributed by atoms with van der Waals surface area (Å²) < 4.78 is 5.40. The summed E-state index contributed by atoms with van der Waals surface area (Å²) >= 11 is 6.03. The van der Waals surface area contributed by atoms with Gasteiger partial charge in [0, 0.05) is 50.4 Å². The molecule has 2 aromatic carbocycles. The molecule has 0 aliphatic carbocycles. The fourth-order valence-corrected chi connectivity index (χ4v) is 3.42. The van der Waals surface area contributed by atoms with Crippen LogP contribution in [0.3, 0.4) is 0 Å². The van der Waals surface area contributed by atoms with Crippen molar-refractivity contribution in [3.63, 3.8) is 0 Å². The molecule has 2 N–H and O–H groups in total. The number of halogens is 2. The molecule has 0 spiro atoms. The molecule has 0 amide bonds. The first-order chi connectivity index (χ1) is 13.1. The van der Waals surface area contributed by atoms with E-state index in [0.717, 1.165) is 49.1 Å². The van der Waals surface area contributed by atoms with Crippen LogP contribution < -0.4 is 15.0 Å². The van der Waals surface area contributed by atoms with E-state index in [1.807, 2.05) is 36.4 Å². The van der Waals surface area contributed by atoms with Crippen molar-refractivity contribution in [2.45, 2.75) is 6.54 Å². The molecular weight excluding hydrogens is 491 g/mol. The summed E-state index contributed by atoms with van der Waals surface area (Å²) in [7, 11) is 3.43. The van der Waals surface area contributed by atoms with Crippen molar-refractivity contribution >= 4 is 47.2 Å². The molecule has 0 unspecified atom stereocenters. The Morgan fingerprint density at radius 1 is 1.18 bits per heavy atom. The molecule has 1 fully saturated rings. The Kier molecular flexibility index (Phi) is 8.50. The Balaban J connectivity index is 0.00000280. The number of ether oxygens (including phenoxy) is 1. The van der Waals surface area contributed by atoms with E-state index in [1.165, 1.54) is 0 Å². The zero-order chi connectivity index (χ0) is 19.2. The summed E-state index contributed by atoms with van der Waals surface area (Å²) in [6, 6.07) is 13.1. The zero-order valence-electron chi connectivity index (χ0n) is 16.1. The van der Waals surface area contributed by atoms with Crippen molar-refractivity contribution in [3.05, 3.63) is 53.1 Å². The maximum Gasteiger partial charge on any atom is 0.194 e. The van der Waals surface area contributed by atoms with E-state index >= 15 is 0 Å². The van der Waals surface area contributed by atoms with Crippen LogP contribution >= 0.6 is 35.6 Å². The summed E-state index contributed by atoms with van der Waals surface area (Å²) in [6.45, 7) is 3.90. The fourth-order valence-electron chi connectivity index (χ4n) is 3.26. The quantitative estimate of drug-likeness (QED) is 0.370. The number of aliphatic imine (C=N–C) groups is 1. The first kappa shape index (κ1) is 22.4. The highest BCUT2D eigenvalue weighted by Crippen LogP contribution is 2.27. The number of methoxy groups -OCH3 is 1. The highest BCUT2D eigenvalue weighted by atomic mass is 127. The van der Waals surface area contributed by atoms with Gasteiger partial charge in [-0.15, -0.1) is 24.0 Å². The smallest absolute Gasteiger partial charge is 0.194 e. The van der Waals surface area contributed by atoms with Gasteiger partial charge in [-0.05, 0) is 24.3 Å². The van der Waals surface area contributed by atoms with Crippen molar-refractivity contribution in [3.8, 4) is 11.5 Å². The van der Waals surface area contributed by atoms with Gasteiger partial charge in [0.15, 0.2) is 5.96 Å². The average molecular weight is 517 g/mol. The highest BCUT2D eigenvalue weighted by molar-refractivity contribution is 14.0. The first-order valence-electron chi connectivity index (χ1n) is 8.93. The number of benzene rings is 2. The molecular formula is C20H26ClIN4O2. The van der Waals surface area contributed by atoms with Crippen LogP contribution in [-0.4, -0.2) is 56.3 Å². The van der Waals surface area contributed by atoms with Gasteiger partial charge in [-0.25, -0.2) is 0 Å². The van der Waals surface area contributed by atoms with Crippen molar-refractivity contribution < 1.29 is 9.84 Å². The van der Waals surface area contributed by atoms with E-state index in [2.05, 4.69) is 20.1 Å². The Labute approximate surface area is 188 Å². The van der Waals surface area contributed by atoms with Crippen LogP contribution in [0.2, 0.25) is 5.02 Å². The first-order valence-corrected chi connectivity index (χ1v) is 9.31. The second-order valence-electron chi connectivity index (χ2n) is 6.32. The third-order valence-electron chi connectivity index (χ3n) is 4.70. The molecule has 1 saturated heterocycles. The maximum atomic E-state index is 10.1. The van der Waals surface area contributed by atoms with E-state index in [-0.39, 0.29) is 24.0 Å². The number of hydrogen-bond acceptors (Lipinski definition) is 4. The molecule has 0 aromatic heterocycles. The minimum atomic E-state index is 0. The van der Waals surface area contributed by atoms with Crippen LogP contribution in [0.25, 0.3) is 0 Å². The summed E-state index contributed by atoms with van der Waals surface area (Å²) in [6.07, 6.45) is 0. The molecule has 2 aromatic rings. The van der Waals surface area contributed by atoms with E-state index in [1.54, 1.807) is 20.2 Å². The Morgan fingerprint density at radius 2 is 1.89 bits per heavy atom. The van der Waals surface area contributed by atoms with Crippen molar-refractivity contribution in [1.29, 1.82) is 0 Å². The molecule has 0 saturated carbocycles. The van der Waals surface area contributed by atoms with Gasteiger partial charge in [0.2, 0.25) is 0 Å². The maximum absolute atomic E-state index is 10.1. The number of para-hydroxylation sites is 2. The van der Waals surface area contributed by atoms with Crippen LogP contribution in [0.15, 0.2) is 47.5 Å². The SMILES string of the molecule is CN=C(NCc1ccc(Cl)cc1OC)N1CCN(c2ccccc2O)CC1.I. The van der Waals surface area contributed by atoms with Crippen LogP contribution in [0.5, 0.6) is 11.5 Å². The molecule has 0 bridgehead atoms. The highest BCUT2D eigenvalue weighted by Gasteiger charge is 2.21. The molecule has 0 atom stereocenters. The van der Waals surface area contributed by atoms with Crippen LogP contribution in [0.4, 0.5) is 5.69 Å². The van der Waals surface area contributed by atoms with Gasteiger partial charge in [0.25, 0.3) is 0 Å². The Bertz CT molecular complexity index is 811. The number of anilines is 1. The molecule has 1 heterocycles. The van der Waals surface area contributed by atoms with Gasteiger partial charge in [-0.1, -0.05) is 29.8 Å². The molecule has 28 heavy (non-hydrogen) atoms. The fraction of sp³-hybridized carbons (Fsp3) is 0.350. The number of nitrogens with one attached hydrogen (secondary N) is 1. The zero-order valence-corrected chi connectivity index (χ0v) is 19.1. The second-order valence-corrected chi connectivity index (χ2v) is 6.76. The van der Waals surface area contributed by atoms with Crippen molar-refractivity contribution in [1.82, 2.24) is 10.2 Å². The van der Waals surface area contributed by atoms with Crippen molar-refractivity contribution in [2.75, 3.05) is 45.2 Å². The van der Waals surface area contributed by atoms with Crippen molar-refractivity contribution in [2.24, 2.45) is 4.99 Å². The van der Waals surface area contributed by atoms with Gasteiger partial charge in [-0.2, -0.15) is 0 Å². The van der Waals surface area contributed by atoms with E-state index < -0.39 is 0 Å². The Morgan fingerprint density at radius 3 is 2.54 bits per heavy atom. The molecule has 152 valence electrons. The third kappa shape index (κ3) is 5.35. The van der Waals surface area contributed by atoms with Gasteiger partial charge in [0.05, 0.1) is 12.8 Å². The summed E-state index contributed by atoms with van der Waals surface area (Å²) in [4.78, 5) is 8.83. The number of nitrogens with zero attached hydrogens (tertiary/aromatic N) is 3. The van der Waals surface area contributed by atoms with Gasteiger partial charge in [0.1, 0.15) is 11.5 Å². The lowest BCUT2D eigenvalue weighted by atomic mass is 10.2. The summed E-state index contributed by atoms with van der Waals surface area (Å²) in [5.41, 5.74) is 1.90. The molecule has 1 aliphatic heterocycles. The third-order valence-corrected chi connectivity index (χ3v) is 4.93. The number of hydrogen-bond donors (Lipinski definition) is 2. The van der Waals surface area contributed by atoms with Crippen LogP contribution in [0, 0.1) is 0 Å². The number of phenols is 1. The predicted octanol–water partition coefficient (Wildman–Crippen LogP) is 3.57. The number of rotatable bonds is 4. The minimum Gasteiger partial charge on any atom is -0.506 e. The standard InChI is InChI=1S/C20H25ClN4O2.HI/c1-22-20(23-14-15-7-8-16(21)13-19(15)27-2)25-11-9-24(10-12-25)17-5-3-4-6-18(17)26;/h3-8,13,26H,9-12,14H2,1-2H3,(H,22,23);1H. The molecule has 1 aliphatic rings. The largest absolute Gasteiger partial charge is 0.506 e. The summed E-state index contributed by atoms with van der Waals surface area (Å²) in [5, 5.41) is 14.1. The van der Waals surface area contributed by atoms with E-state index in [0.29, 0.717) is 17.3 Å². The lowest BCUT2D eigenvalue weighted by Gasteiger charge is -2.37. The van der Waals surface area contributed by atoms with Gasteiger partial charge < -0.3 is 25.0 Å². The normalized spacial score (nSPS) is 14.5. The van der Waals surface area contributed by atoms with Gasteiger partial charge in [-0.3, -0.25) is 4.99 Å². The lowest BCUT2D eigenvalue weighted by molar-refractivity contribution is 0.368. The van der Waals surface area contributed by atoms with E-state index in [9.17, 15) is 5.11 Å². The Hall–Kier alpha value is -1.87. The number of aromatic hydroxyl groups is 1. The van der Waals surface area contributed by atoms with Gasteiger partial charge >= 0.3 is 0 Å². The topological polar surface area (TPSA) is 60.3 Å². The predicted molar refractivity (Wildman–Crippen MR) is 126 cm³/mol. The van der Waals surface area contributed by atoms with E-state index in [4.69, 9.17) is 16.3 Å². The molecule has 0 radical (unpaired) electrons. The molecule has 6 nitrogen and oxygen atoms in total. The number of guanidine groups is 1. The monoisotopic (exact) mass is 516 g/mol. The van der Waals surface area contributed by atoms with Crippen LogP contribution in [0.1, 0.15) is 5.56 Å². The molecule has 8 heteroatoms. The molecule has 3 rings (SSSR count). The average Bonchev–Trinajstić information content (AvgIpc) is 2.70. The second kappa shape index (κ2) is 10.6. The number of piperazine rings is 1.